The second-order valence-electron chi connectivity index (χ2n) is 6.25. The molecule has 0 bridgehead atoms. The van der Waals surface area contributed by atoms with Gasteiger partial charge in [0.1, 0.15) is 5.56 Å². The molecule has 26 heavy (non-hydrogen) atoms. The fourth-order valence-electron chi connectivity index (χ4n) is 2.45. The Bertz CT molecular complexity index is 736. The predicted octanol–water partition coefficient (Wildman–Crippen LogP) is 3.56. The number of para-hydroxylation sites is 1. The zero-order valence-corrected chi connectivity index (χ0v) is 15.7. The summed E-state index contributed by atoms with van der Waals surface area (Å²) in [4.78, 5) is 26.7. The topological polar surface area (TPSA) is 76.5 Å². The second-order valence-corrected chi connectivity index (χ2v) is 6.25. The van der Waals surface area contributed by atoms with Crippen LogP contribution in [0.15, 0.2) is 36.5 Å². The summed E-state index contributed by atoms with van der Waals surface area (Å²) in [6, 6.07) is 9.32. The van der Waals surface area contributed by atoms with Crippen LogP contribution < -0.4 is 5.32 Å². The molecule has 2 aromatic rings. The number of benzene rings is 1. The van der Waals surface area contributed by atoms with Crippen LogP contribution in [0.5, 0.6) is 0 Å². The summed E-state index contributed by atoms with van der Waals surface area (Å²) in [6.07, 6.45) is 0.871. The average Bonchev–Trinajstić information content (AvgIpc) is 3.05. The van der Waals surface area contributed by atoms with Crippen LogP contribution in [0.25, 0.3) is 5.69 Å². The van der Waals surface area contributed by atoms with E-state index in [2.05, 4.69) is 10.4 Å². The molecule has 7 nitrogen and oxygen atoms in total. The highest BCUT2D eigenvalue weighted by Gasteiger charge is 2.23. The molecular formula is C19H26N4O3. The van der Waals surface area contributed by atoms with Crippen LogP contribution in [-0.2, 0) is 4.74 Å². The van der Waals surface area contributed by atoms with Gasteiger partial charge in [0.05, 0.1) is 18.5 Å². The minimum atomic E-state index is -0.607. The molecule has 1 N–H and O–H groups in total. The normalized spacial score (nSPS) is 10.7. The van der Waals surface area contributed by atoms with Gasteiger partial charge in [0, 0.05) is 13.1 Å². The van der Waals surface area contributed by atoms with Crippen molar-refractivity contribution in [2.24, 2.45) is 5.92 Å². The molecule has 0 unspecified atom stereocenters. The number of aromatic nitrogens is 2. The molecule has 0 saturated carbocycles. The van der Waals surface area contributed by atoms with Crippen LogP contribution in [0.3, 0.4) is 0 Å². The third-order valence-electron chi connectivity index (χ3n) is 3.82. The van der Waals surface area contributed by atoms with E-state index in [1.165, 1.54) is 10.9 Å². The first-order chi connectivity index (χ1) is 12.5. The van der Waals surface area contributed by atoms with Gasteiger partial charge in [-0.2, -0.15) is 5.10 Å². The summed E-state index contributed by atoms with van der Waals surface area (Å²) in [6.45, 7) is 9.17. The number of ether oxygens (including phenoxy) is 1. The van der Waals surface area contributed by atoms with E-state index in [-0.39, 0.29) is 11.8 Å². The van der Waals surface area contributed by atoms with Crippen molar-refractivity contribution >= 4 is 17.8 Å². The number of nitrogens with zero attached hydrogens (tertiary/aromatic N) is 3. The van der Waals surface area contributed by atoms with Crippen molar-refractivity contribution in [2.75, 3.05) is 25.0 Å². The van der Waals surface area contributed by atoms with Crippen molar-refractivity contribution in [1.29, 1.82) is 0 Å². The Labute approximate surface area is 153 Å². The molecule has 2 rings (SSSR count). The van der Waals surface area contributed by atoms with Crippen LogP contribution in [0, 0.1) is 5.92 Å². The SMILES string of the molecule is CCN(CC)C(=O)c1cnn(-c2ccccc2)c1NC(=O)OCC(C)C. The van der Waals surface area contributed by atoms with Crippen molar-refractivity contribution in [3.63, 3.8) is 0 Å². The number of amides is 2. The van der Waals surface area contributed by atoms with Gasteiger partial charge in [0.15, 0.2) is 5.82 Å². The monoisotopic (exact) mass is 358 g/mol. The molecule has 7 heteroatoms. The van der Waals surface area contributed by atoms with Crippen molar-refractivity contribution < 1.29 is 14.3 Å². The number of hydrogen-bond acceptors (Lipinski definition) is 4. The summed E-state index contributed by atoms with van der Waals surface area (Å²) in [5.41, 5.74) is 1.07. The maximum Gasteiger partial charge on any atom is 0.412 e. The van der Waals surface area contributed by atoms with E-state index in [1.807, 2.05) is 58.0 Å². The quantitative estimate of drug-likeness (QED) is 0.821. The summed E-state index contributed by atoms with van der Waals surface area (Å²) in [5.74, 6) is 0.342. The summed E-state index contributed by atoms with van der Waals surface area (Å²) >= 11 is 0. The Kier molecular flexibility index (Phi) is 6.77. The molecule has 1 heterocycles. The molecule has 2 amide bonds. The van der Waals surface area contributed by atoms with E-state index in [0.29, 0.717) is 31.1 Å². The van der Waals surface area contributed by atoms with Crippen LogP contribution >= 0.6 is 0 Å². The maximum atomic E-state index is 12.8. The molecule has 0 spiro atoms. The standard InChI is InChI=1S/C19H26N4O3/c1-5-22(6-2)18(24)16-12-20-23(15-10-8-7-9-11-15)17(16)21-19(25)26-13-14(3)4/h7-12,14H,5-6,13H2,1-4H3,(H,21,25). The van der Waals surface area contributed by atoms with E-state index in [0.717, 1.165) is 5.69 Å². The molecule has 0 atom stereocenters. The zero-order chi connectivity index (χ0) is 19.1. The fraction of sp³-hybridized carbons (Fsp3) is 0.421. The van der Waals surface area contributed by atoms with E-state index in [1.54, 1.807) is 4.90 Å². The molecule has 0 aliphatic heterocycles. The molecule has 0 fully saturated rings. The minimum absolute atomic E-state index is 0.184. The summed E-state index contributed by atoms with van der Waals surface area (Å²) < 4.78 is 6.73. The number of anilines is 1. The second kappa shape index (κ2) is 9.03. The Hall–Kier alpha value is -2.83. The molecule has 140 valence electrons. The van der Waals surface area contributed by atoms with Crippen molar-refractivity contribution in [2.45, 2.75) is 27.7 Å². The molecule has 0 radical (unpaired) electrons. The van der Waals surface area contributed by atoms with Gasteiger partial charge in [-0.1, -0.05) is 32.0 Å². The molecule has 1 aromatic carbocycles. The maximum absolute atomic E-state index is 12.8. The number of nitrogens with one attached hydrogen (secondary N) is 1. The fourth-order valence-corrected chi connectivity index (χ4v) is 2.45. The predicted molar refractivity (Wildman–Crippen MR) is 101 cm³/mol. The third kappa shape index (κ3) is 4.62. The van der Waals surface area contributed by atoms with Gasteiger partial charge in [-0.25, -0.2) is 9.48 Å². The first-order valence-corrected chi connectivity index (χ1v) is 8.84. The average molecular weight is 358 g/mol. The van der Waals surface area contributed by atoms with Gasteiger partial charge < -0.3 is 9.64 Å². The summed E-state index contributed by atoms with van der Waals surface area (Å²) in [7, 11) is 0. The lowest BCUT2D eigenvalue weighted by Crippen LogP contribution is -2.31. The first kappa shape index (κ1) is 19.5. The molecular weight excluding hydrogens is 332 g/mol. The highest BCUT2D eigenvalue weighted by Crippen LogP contribution is 2.22. The van der Waals surface area contributed by atoms with Crippen LogP contribution in [0.4, 0.5) is 10.6 Å². The Morgan fingerprint density at radius 2 is 1.85 bits per heavy atom. The van der Waals surface area contributed by atoms with Gasteiger partial charge >= 0.3 is 6.09 Å². The lowest BCUT2D eigenvalue weighted by Gasteiger charge is -2.19. The van der Waals surface area contributed by atoms with Crippen LogP contribution in [0.1, 0.15) is 38.1 Å². The van der Waals surface area contributed by atoms with Gasteiger partial charge in [0.2, 0.25) is 0 Å². The molecule has 0 aliphatic rings. The molecule has 1 aromatic heterocycles. The van der Waals surface area contributed by atoms with E-state index < -0.39 is 6.09 Å². The van der Waals surface area contributed by atoms with E-state index >= 15 is 0 Å². The van der Waals surface area contributed by atoms with E-state index in [4.69, 9.17) is 4.74 Å². The number of rotatable bonds is 7. The highest BCUT2D eigenvalue weighted by molar-refractivity contribution is 6.01. The Morgan fingerprint density at radius 1 is 1.19 bits per heavy atom. The first-order valence-electron chi connectivity index (χ1n) is 8.84. The Balaban J connectivity index is 2.38. The smallest absolute Gasteiger partial charge is 0.412 e. The third-order valence-corrected chi connectivity index (χ3v) is 3.82. The number of carbonyl (C=O) groups is 2. The van der Waals surface area contributed by atoms with Gasteiger partial charge in [-0.15, -0.1) is 0 Å². The minimum Gasteiger partial charge on any atom is -0.449 e. The van der Waals surface area contributed by atoms with Crippen molar-refractivity contribution in [1.82, 2.24) is 14.7 Å². The van der Waals surface area contributed by atoms with Crippen LogP contribution in [-0.4, -0.2) is 46.4 Å². The Morgan fingerprint density at radius 3 is 2.42 bits per heavy atom. The van der Waals surface area contributed by atoms with Crippen LogP contribution in [0.2, 0.25) is 0 Å². The highest BCUT2D eigenvalue weighted by atomic mass is 16.5. The zero-order valence-electron chi connectivity index (χ0n) is 15.7. The molecule has 0 saturated heterocycles. The van der Waals surface area contributed by atoms with Gasteiger partial charge in [-0.05, 0) is 31.9 Å². The lowest BCUT2D eigenvalue weighted by molar-refractivity contribution is 0.0774. The van der Waals surface area contributed by atoms with Gasteiger partial charge in [-0.3, -0.25) is 10.1 Å². The molecule has 0 aliphatic carbocycles. The van der Waals surface area contributed by atoms with E-state index in [9.17, 15) is 9.59 Å². The van der Waals surface area contributed by atoms with Crippen molar-refractivity contribution in [3.8, 4) is 5.69 Å². The van der Waals surface area contributed by atoms with Gasteiger partial charge in [0.25, 0.3) is 5.91 Å². The number of carbonyl (C=O) groups excluding carboxylic acids is 2. The summed E-state index contributed by atoms with van der Waals surface area (Å²) in [5, 5.41) is 6.99. The lowest BCUT2D eigenvalue weighted by atomic mass is 10.2. The number of hydrogen-bond donors (Lipinski definition) is 1. The van der Waals surface area contributed by atoms with Crippen molar-refractivity contribution in [3.05, 3.63) is 42.1 Å². The largest absolute Gasteiger partial charge is 0.449 e.